The number of hydrogen-bond acceptors (Lipinski definition) is 1. The second kappa shape index (κ2) is 9.81. The highest BCUT2D eigenvalue weighted by Gasteiger charge is 2.03. The first kappa shape index (κ1) is 22.8. The summed E-state index contributed by atoms with van der Waals surface area (Å²) in [7, 11) is 1.17. The van der Waals surface area contributed by atoms with Crippen molar-refractivity contribution in [1.82, 2.24) is 0 Å². The second-order valence-electron chi connectivity index (χ2n) is 8.05. The van der Waals surface area contributed by atoms with Crippen LogP contribution in [0, 0.1) is 48.5 Å². The summed E-state index contributed by atoms with van der Waals surface area (Å²) in [6.07, 6.45) is 4.69. The summed E-state index contributed by atoms with van der Waals surface area (Å²) in [5.41, 5.74) is 11.9. The average Bonchev–Trinajstić information content (AvgIpc) is 2.64. The minimum atomic E-state index is 1.17. The normalized spacial score (nSPS) is 12.0. The minimum Gasteiger partial charge on any atom is -0.0801 e. The Kier molecular flexibility index (Phi) is 7.71. The summed E-state index contributed by atoms with van der Waals surface area (Å²) < 4.78 is 8.17. The first-order valence-electron chi connectivity index (χ1n) is 9.94. The molecule has 3 aromatic carbocycles. The summed E-state index contributed by atoms with van der Waals surface area (Å²) >= 11 is 0. The van der Waals surface area contributed by atoms with Gasteiger partial charge in [0, 0.05) is 0 Å². The molecule has 0 aliphatic carbocycles. The fourth-order valence-electron chi connectivity index (χ4n) is 4.10. The number of benzene rings is 3. The smallest absolute Gasteiger partial charge is 0.0801 e. The summed E-state index contributed by atoms with van der Waals surface area (Å²) in [6, 6.07) is 15.8. The van der Waals surface area contributed by atoms with Gasteiger partial charge in [0.25, 0.3) is 0 Å². The van der Waals surface area contributed by atoms with Gasteiger partial charge in [-0.1, -0.05) is 63.7 Å². The van der Waals surface area contributed by atoms with E-state index in [9.17, 15) is 0 Å². The Morgan fingerprint density at radius 1 is 0.517 bits per heavy atom. The molecule has 1 nitrogen and oxygen atoms in total. The quantitative estimate of drug-likeness (QED) is 0.501. The lowest BCUT2D eigenvalue weighted by Gasteiger charge is -2.09. The molecule has 0 radical (unpaired) electrons. The maximum atomic E-state index is 8.17. The Hall–Kier alpha value is -2.50. The molecule has 1 unspecified atom stereocenters. The molecule has 3 rings (SSSR count). The van der Waals surface area contributed by atoms with Crippen molar-refractivity contribution < 1.29 is 4.57 Å². The van der Waals surface area contributed by atoms with Crippen LogP contribution in [0.3, 0.4) is 0 Å². The maximum absolute atomic E-state index is 8.17. The summed E-state index contributed by atoms with van der Waals surface area (Å²) in [5, 5.41) is 2.56. The molecule has 0 N–H and O–H groups in total. The predicted octanol–water partition coefficient (Wildman–Crippen LogP) is 5.71. The lowest BCUT2D eigenvalue weighted by molar-refractivity contribution is 0.607. The molecule has 0 aromatic heterocycles. The summed E-state index contributed by atoms with van der Waals surface area (Å²) in [5.74, 6) is 0. The van der Waals surface area contributed by atoms with Crippen LogP contribution in [-0.4, -0.2) is 0 Å². The topological polar surface area (TPSA) is 17.1 Å². The van der Waals surface area contributed by atoms with Gasteiger partial charge in [-0.2, -0.15) is 0 Å². The maximum Gasteiger partial charge on any atom is 0.310 e. The molecule has 0 saturated heterocycles. The zero-order valence-corrected chi connectivity index (χ0v) is 19.8. The van der Waals surface area contributed by atoms with Crippen LogP contribution in [0.4, 0.5) is 0 Å². The highest BCUT2D eigenvalue weighted by Crippen LogP contribution is 2.18. The minimum absolute atomic E-state index is 1.17. The molecule has 0 bridgehead atoms. The SMILES string of the molecule is Cc1cc(C)c(C=c2ccc(C)cc2=Cc2c(C)cc(C)cc2C)c(C)c1.O=[PH2+]. The molecule has 3 aromatic rings. The van der Waals surface area contributed by atoms with Crippen LogP contribution in [0.25, 0.3) is 12.2 Å². The number of hydrogen-bond donors (Lipinski definition) is 0. The van der Waals surface area contributed by atoms with Gasteiger partial charge in [-0.15, -0.1) is 0 Å². The third-order valence-corrected chi connectivity index (χ3v) is 5.32. The van der Waals surface area contributed by atoms with Gasteiger partial charge >= 0.3 is 9.12 Å². The van der Waals surface area contributed by atoms with Gasteiger partial charge in [0.05, 0.1) is 0 Å². The second-order valence-corrected chi connectivity index (χ2v) is 8.05. The Balaban J connectivity index is 0.00000145. The van der Waals surface area contributed by atoms with Gasteiger partial charge in [-0.05, 0) is 104 Å². The van der Waals surface area contributed by atoms with Gasteiger partial charge in [-0.3, -0.25) is 0 Å². The molecule has 0 amide bonds. The van der Waals surface area contributed by atoms with Crippen LogP contribution in [0.1, 0.15) is 50.1 Å². The molecular weight excluding hydrogens is 371 g/mol. The van der Waals surface area contributed by atoms with E-state index in [1.165, 1.54) is 69.6 Å². The Bertz CT molecular complexity index is 1110. The predicted molar refractivity (Wildman–Crippen MR) is 129 cm³/mol. The largest absolute Gasteiger partial charge is 0.310 e. The third-order valence-electron chi connectivity index (χ3n) is 5.32. The van der Waals surface area contributed by atoms with Gasteiger partial charge in [-0.25, -0.2) is 0 Å². The lowest BCUT2D eigenvalue weighted by atomic mass is 9.96. The molecule has 0 saturated carbocycles. The molecule has 29 heavy (non-hydrogen) atoms. The average molecular weight is 404 g/mol. The first-order chi connectivity index (χ1) is 13.7. The molecule has 0 aliphatic rings. The zero-order chi connectivity index (χ0) is 21.7. The van der Waals surface area contributed by atoms with Crippen LogP contribution in [0.2, 0.25) is 0 Å². The van der Waals surface area contributed by atoms with Gasteiger partial charge in [0.15, 0.2) is 0 Å². The highest BCUT2D eigenvalue weighted by molar-refractivity contribution is 7.00. The van der Waals surface area contributed by atoms with Gasteiger partial charge in [0.1, 0.15) is 0 Å². The van der Waals surface area contributed by atoms with Crippen molar-refractivity contribution in [2.24, 2.45) is 0 Å². The molecule has 0 aliphatic heterocycles. The number of rotatable bonds is 2. The van der Waals surface area contributed by atoms with Crippen molar-refractivity contribution in [3.05, 3.63) is 103 Å². The van der Waals surface area contributed by atoms with Crippen LogP contribution in [-0.2, 0) is 4.57 Å². The van der Waals surface area contributed by atoms with Crippen molar-refractivity contribution >= 4 is 21.3 Å². The van der Waals surface area contributed by atoms with E-state index in [2.05, 4.69) is 103 Å². The zero-order valence-electron chi connectivity index (χ0n) is 18.7. The fraction of sp³-hybridized carbons (Fsp3) is 0.259. The van der Waals surface area contributed by atoms with Crippen molar-refractivity contribution in [1.29, 1.82) is 0 Å². The van der Waals surface area contributed by atoms with E-state index in [-0.39, 0.29) is 0 Å². The van der Waals surface area contributed by atoms with E-state index in [0.717, 1.165) is 0 Å². The molecular formula is C27H32OP+. The number of aryl methyl sites for hydroxylation is 7. The Morgan fingerprint density at radius 3 is 1.31 bits per heavy atom. The molecule has 0 spiro atoms. The van der Waals surface area contributed by atoms with Crippen molar-refractivity contribution in [2.75, 3.05) is 0 Å². The first-order valence-corrected chi connectivity index (χ1v) is 10.4. The molecule has 2 heteroatoms. The van der Waals surface area contributed by atoms with E-state index in [0.29, 0.717) is 0 Å². The van der Waals surface area contributed by atoms with Crippen LogP contribution >= 0.6 is 9.12 Å². The van der Waals surface area contributed by atoms with Gasteiger partial charge < -0.3 is 0 Å². The Labute approximate surface area is 177 Å². The Morgan fingerprint density at radius 2 is 0.897 bits per heavy atom. The van der Waals surface area contributed by atoms with E-state index in [1.54, 1.807) is 0 Å². The molecule has 0 heterocycles. The summed E-state index contributed by atoms with van der Waals surface area (Å²) in [6.45, 7) is 15.3. The molecule has 0 fully saturated rings. The fourth-order valence-corrected chi connectivity index (χ4v) is 4.10. The summed E-state index contributed by atoms with van der Waals surface area (Å²) in [4.78, 5) is 0. The van der Waals surface area contributed by atoms with Crippen molar-refractivity contribution in [2.45, 2.75) is 48.5 Å². The van der Waals surface area contributed by atoms with Crippen molar-refractivity contribution in [3.8, 4) is 0 Å². The van der Waals surface area contributed by atoms with E-state index >= 15 is 0 Å². The van der Waals surface area contributed by atoms with E-state index in [4.69, 9.17) is 4.57 Å². The van der Waals surface area contributed by atoms with Crippen molar-refractivity contribution in [3.63, 3.8) is 0 Å². The standard InChI is InChI=1S/C27H30.H2OP/c1-17-8-9-24(15-26-20(4)10-18(2)11-21(26)5)25(14-17)16-27-22(6)12-19(3)13-23(27)7;1-2/h8-16H,1-7H3;2H2/q;+1. The highest BCUT2D eigenvalue weighted by atomic mass is 31.0. The van der Waals surface area contributed by atoms with Crippen LogP contribution in [0.5, 0.6) is 0 Å². The van der Waals surface area contributed by atoms with Crippen LogP contribution < -0.4 is 10.4 Å². The third kappa shape index (κ3) is 5.52. The van der Waals surface area contributed by atoms with Gasteiger partial charge in [0.2, 0.25) is 0 Å². The van der Waals surface area contributed by atoms with Crippen LogP contribution in [0.15, 0.2) is 42.5 Å². The monoisotopic (exact) mass is 403 g/mol. The lowest BCUT2D eigenvalue weighted by Crippen LogP contribution is -2.25. The molecule has 150 valence electrons. The van der Waals surface area contributed by atoms with E-state index in [1.807, 2.05) is 0 Å². The molecule has 1 atom stereocenters. The van der Waals surface area contributed by atoms with E-state index < -0.39 is 0 Å².